The lowest BCUT2D eigenvalue weighted by atomic mass is 10.2. The van der Waals surface area contributed by atoms with Gasteiger partial charge in [0.25, 0.3) is 0 Å². The average molecular weight is 303 g/mol. The van der Waals surface area contributed by atoms with Crippen molar-refractivity contribution < 1.29 is 9.53 Å². The molecule has 0 spiro atoms. The van der Waals surface area contributed by atoms with Crippen molar-refractivity contribution in [2.45, 2.75) is 39.5 Å². The zero-order valence-electron chi connectivity index (χ0n) is 14.0. The number of benzene rings is 1. The third kappa shape index (κ3) is 8.63. The molecule has 0 aliphatic rings. The van der Waals surface area contributed by atoms with Crippen LogP contribution in [0.2, 0.25) is 0 Å². The Morgan fingerprint density at radius 1 is 1.05 bits per heavy atom. The third-order valence-electron chi connectivity index (χ3n) is 3.72. The van der Waals surface area contributed by atoms with Crippen LogP contribution in [0, 0.1) is 0 Å². The van der Waals surface area contributed by atoms with Crippen LogP contribution < -0.4 is 0 Å². The van der Waals surface area contributed by atoms with Crippen molar-refractivity contribution in [1.82, 2.24) is 4.90 Å². The van der Waals surface area contributed by atoms with Crippen LogP contribution in [-0.2, 0) is 9.53 Å². The smallest absolute Gasteiger partial charge is 0.330 e. The van der Waals surface area contributed by atoms with Gasteiger partial charge < -0.3 is 9.64 Å². The van der Waals surface area contributed by atoms with Crippen molar-refractivity contribution in [2.75, 3.05) is 26.2 Å². The van der Waals surface area contributed by atoms with Crippen molar-refractivity contribution in [3.8, 4) is 0 Å². The van der Waals surface area contributed by atoms with E-state index < -0.39 is 0 Å². The van der Waals surface area contributed by atoms with Crippen LogP contribution in [0.15, 0.2) is 36.4 Å². The van der Waals surface area contributed by atoms with E-state index >= 15 is 0 Å². The molecule has 1 aromatic carbocycles. The summed E-state index contributed by atoms with van der Waals surface area (Å²) in [4.78, 5) is 14.0. The van der Waals surface area contributed by atoms with Gasteiger partial charge in [0.05, 0.1) is 6.61 Å². The fourth-order valence-corrected chi connectivity index (χ4v) is 2.28. The number of hydrogen-bond acceptors (Lipinski definition) is 3. The zero-order chi connectivity index (χ0) is 16.0. The first-order chi connectivity index (χ1) is 10.8. The Kier molecular flexibility index (Phi) is 10.0. The van der Waals surface area contributed by atoms with E-state index in [2.05, 4.69) is 18.7 Å². The summed E-state index contributed by atoms with van der Waals surface area (Å²) in [7, 11) is 0. The standard InChI is InChI=1S/C19H29NO2/c1-3-20(4-2)16-10-5-6-11-17-22-19(21)15-14-18-12-8-7-9-13-18/h7-9,12-15H,3-6,10-11,16-17H2,1-2H3/b15-14+. The number of unbranched alkanes of at least 4 members (excludes halogenated alkanes) is 3. The lowest BCUT2D eigenvalue weighted by Crippen LogP contribution is -2.23. The SMILES string of the molecule is CCN(CC)CCCCCCOC(=O)/C=C/c1ccccc1. The number of carbonyl (C=O) groups excluding carboxylic acids is 1. The highest BCUT2D eigenvalue weighted by Gasteiger charge is 1.99. The quantitative estimate of drug-likeness (QED) is 0.349. The van der Waals surface area contributed by atoms with E-state index in [1.807, 2.05) is 30.3 Å². The molecule has 0 N–H and O–H groups in total. The van der Waals surface area contributed by atoms with Gasteiger partial charge in [0.15, 0.2) is 0 Å². The fourth-order valence-electron chi connectivity index (χ4n) is 2.28. The summed E-state index contributed by atoms with van der Waals surface area (Å²) in [6, 6.07) is 9.77. The number of nitrogens with zero attached hydrogens (tertiary/aromatic N) is 1. The molecule has 0 heterocycles. The minimum absolute atomic E-state index is 0.257. The van der Waals surface area contributed by atoms with E-state index in [0.717, 1.165) is 31.5 Å². The van der Waals surface area contributed by atoms with Crippen molar-refractivity contribution in [3.63, 3.8) is 0 Å². The van der Waals surface area contributed by atoms with E-state index in [-0.39, 0.29) is 5.97 Å². The van der Waals surface area contributed by atoms with E-state index in [9.17, 15) is 4.79 Å². The van der Waals surface area contributed by atoms with Crippen LogP contribution >= 0.6 is 0 Å². The van der Waals surface area contributed by atoms with Gasteiger partial charge in [-0.15, -0.1) is 0 Å². The molecule has 0 atom stereocenters. The maximum Gasteiger partial charge on any atom is 0.330 e. The largest absolute Gasteiger partial charge is 0.463 e. The highest BCUT2D eigenvalue weighted by Crippen LogP contribution is 2.04. The maximum atomic E-state index is 11.6. The molecule has 3 heteroatoms. The second-order valence-electron chi connectivity index (χ2n) is 5.35. The van der Waals surface area contributed by atoms with Crippen LogP contribution in [0.3, 0.4) is 0 Å². The molecule has 1 rings (SSSR count). The summed E-state index contributed by atoms with van der Waals surface area (Å²) in [5.74, 6) is -0.257. The van der Waals surface area contributed by atoms with Gasteiger partial charge in [0, 0.05) is 6.08 Å². The number of esters is 1. The molecule has 22 heavy (non-hydrogen) atoms. The third-order valence-corrected chi connectivity index (χ3v) is 3.72. The first-order valence-electron chi connectivity index (χ1n) is 8.38. The molecule has 0 radical (unpaired) electrons. The van der Waals surface area contributed by atoms with Gasteiger partial charge >= 0.3 is 5.97 Å². The van der Waals surface area contributed by atoms with E-state index in [1.54, 1.807) is 6.08 Å². The molecular weight excluding hydrogens is 274 g/mol. The Morgan fingerprint density at radius 3 is 2.41 bits per heavy atom. The number of ether oxygens (including phenoxy) is 1. The normalized spacial score (nSPS) is 11.2. The van der Waals surface area contributed by atoms with Crippen LogP contribution in [0.25, 0.3) is 6.08 Å². The molecule has 0 aliphatic carbocycles. The highest BCUT2D eigenvalue weighted by molar-refractivity contribution is 5.86. The van der Waals surface area contributed by atoms with Gasteiger partial charge in [-0.05, 0) is 44.1 Å². The Hall–Kier alpha value is -1.61. The molecule has 0 aromatic heterocycles. The number of hydrogen-bond donors (Lipinski definition) is 0. The lowest BCUT2D eigenvalue weighted by molar-refractivity contribution is -0.137. The van der Waals surface area contributed by atoms with Gasteiger partial charge in [0.2, 0.25) is 0 Å². The number of rotatable bonds is 11. The predicted octanol–water partition coefficient (Wildman–Crippen LogP) is 4.15. The molecule has 0 amide bonds. The fraction of sp³-hybridized carbons (Fsp3) is 0.526. The van der Waals surface area contributed by atoms with Crippen molar-refractivity contribution >= 4 is 12.0 Å². The Labute approximate surface area is 135 Å². The summed E-state index contributed by atoms with van der Waals surface area (Å²) in [6.45, 7) is 8.34. The van der Waals surface area contributed by atoms with Crippen molar-refractivity contribution in [2.24, 2.45) is 0 Å². The van der Waals surface area contributed by atoms with Crippen LogP contribution in [0.1, 0.15) is 45.1 Å². The molecule has 0 aliphatic heterocycles. The Morgan fingerprint density at radius 2 is 1.73 bits per heavy atom. The highest BCUT2D eigenvalue weighted by atomic mass is 16.5. The minimum atomic E-state index is -0.257. The second kappa shape index (κ2) is 12.0. The molecule has 0 unspecified atom stereocenters. The topological polar surface area (TPSA) is 29.5 Å². The first-order valence-corrected chi connectivity index (χ1v) is 8.38. The summed E-state index contributed by atoms with van der Waals surface area (Å²) in [5, 5.41) is 0. The Bertz CT molecular complexity index is 424. The van der Waals surface area contributed by atoms with Gasteiger partial charge in [-0.3, -0.25) is 0 Å². The molecule has 122 valence electrons. The summed E-state index contributed by atoms with van der Waals surface area (Å²) in [5.41, 5.74) is 1.01. The van der Waals surface area contributed by atoms with Crippen LogP contribution in [-0.4, -0.2) is 37.1 Å². The zero-order valence-corrected chi connectivity index (χ0v) is 14.0. The van der Waals surface area contributed by atoms with E-state index in [1.165, 1.54) is 25.5 Å². The number of carbonyl (C=O) groups is 1. The van der Waals surface area contributed by atoms with E-state index in [0.29, 0.717) is 6.61 Å². The van der Waals surface area contributed by atoms with Gasteiger partial charge in [0.1, 0.15) is 0 Å². The molecule has 0 bridgehead atoms. The Balaban J connectivity index is 2.02. The molecule has 1 aromatic rings. The predicted molar refractivity (Wildman–Crippen MR) is 92.7 cm³/mol. The van der Waals surface area contributed by atoms with Crippen molar-refractivity contribution in [3.05, 3.63) is 42.0 Å². The minimum Gasteiger partial charge on any atom is -0.463 e. The summed E-state index contributed by atoms with van der Waals surface area (Å²) in [6.07, 6.45) is 7.78. The van der Waals surface area contributed by atoms with Crippen LogP contribution in [0.4, 0.5) is 0 Å². The maximum absolute atomic E-state index is 11.6. The monoisotopic (exact) mass is 303 g/mol. The molecule has 0 saturated heterocycles. The first kappa shape index (κ1) is 18.4. The van der Waals surface area contributed by atoms with Crippen molar-refractivity contribution in [1.29, 1.82) is 0 Å². The van der Waals surface area contributed by atoms with Gasteiger partial charge in [-0.25, -0.2) is 4.79 Å². The molecule has 0 fully saturated rings. The summed E-state index contributed by atoms with van der Waals surface area (Å²) >= 11 is 0. The molecule has 3 nitrogen and oxygen atoms in total. The molecule has 0 saturated carbocycles. The van der Waals surface area contributed by atoms with Gasteiger partial charge in [-0.1, -0.05) is 57.0 Å². The second-order valence-corrected chi connectivity index (χ2v) is 5.35. The average Bonchev–Trinajstić information content (AvgIpc) is 2.56. The lowest BCUT2D eigenvalue weighted by Gasteiger charge is -2.17. The molecular formula is C19H29NO2. The van der Waals surface area contributed by atoms with Gasteiger partial charge in [-0.2, -0.15) is 0 Å². The van der Waals surface area contributed by atoms with Crippen LogP contribution in [0.5, 0.6) is 0 Å². The summed E-state index contributed by atoms with van der Waals surface area (Å²) < 4.78 is 5.20. The van der Waals surface area contributed by atoms with E-state index in [4.69, 9.17) is 4.74 Å².